The lowest BCUT2D eigenvalue weighted by molar-refractivity contribution is -0.144. The number of rotatable bonds is 7. The van der Waals surface area contributed by atoms with Gasteiger partial charge < -0.3 is 19.9 Å². The maximum atomic E-state index is 13.1. The average Bonchev–Trinajstić information content (AvgIpc) is 3.18. The number of nitrogens with one attached hydrogen (secondary N) is 1. The number of amides is 1. The monoisotopic (exact) mass is 497 g/mol. The molecule has 0 radical (unpaired) electrons. The molecule has 1 aromatic carbocycles. The molecule has 0 saturated carbocycles. The number of hydrogen-bond acceptors (Lipinski definition) is 5. The van der Waals surface area contributed by atoms with Gasteiger partial charge in [0.25, 0.3) is 5.91 Å². The van der Waals surface area contributed by atoms with E-state index in [4.69, 9.17) is 9.47 Å². The smallest absolute Gasteiger partial charge is 0.416 e. The van der Waals surface area contributed by atoms with Crippen molar-refractivity contribution in [2.75, 3.05) is 7.11 Å². The molecule has 2 unspecified atom stereocenters. The molecule has 1 heterocycles. The number of hydrogen-bond donors (Lipinski definition) is 2. The van der Waals surface area contributed by atoms with Crippen LogP contribution < -0.4 is 5.32 Å². The number of alkyl halides is 3. The van der Waals surface area contributed by atoms with Crippen LogP contribution >= 0.6 is 11.8 Å². The third-order valence-electron chi connectivity index (χ3n) is 5.45. The summed E-state index contributed by atoms with van der Waals surface area (Å²) in [4.78, 5) is 24.9. The second-order valence-electron chi connectivity index (χ2n) is 9.03. The standard InChI is InChI=1S/C24H26F3NO5S/c1-23(2,3)20(22(30)31)28-21(29)15-9-10-17-16(11-18(32-4)34-17)19(15)33-12-13-5-7-14(8-6-13)24(25,26)27/h5-11,16-17,20H,12H2,1-4H3,(H,28,29)(H,30,31)/t16?,17?,20-/m1/s1. The first-order valence-corrected chi connectivity index (χ1v) is 11.4. The van der Waals surface area contributed by atoms with E-state index in [2.05, 4.69) is 5.32 Å². The summed E-state index contributed by atoms with van der Waals surface area (Å²) in [6, 6.07) is 3.44. The average molecular weight is 498 g/mol. The Bertz CT molecular complexity index is 1040. The molecule has 3 rings (SSSR count). The number of thioether (sulfide) groups is 1. The van der Waals surface area contributed by atoms with Crippen LogP contribution in [-0.2, 0) is 31.8 Å². The van der Waals surface area contributed by atoms with Gasteiger partial charge >= 0.3 is 12.1 Å². The molecule has 2 aliphatic rings. The van der Waals surface area contributed by atoms with Gasteiger partial charge in [0.1, 0.15) is 23.5 Å². The van der Waals surface area contributed by atoms with Crippen molar-refractivity contribution in [3.63, 3.8) is 0 Å². The molecule has 1 aromatic rings. The molecule has 0 aromatic heterocycles. The summed E-state index contributed by atoms with van der Waals surface area (Å²) >= 11 is 1.45. The van der Waals surface area contributed by atoms with Gasteiger partial charge in [-0.15, -0.1) is 0 Å². The maximum absolute atomic E-state index is 13.1. The third kappa shape index (κ3) is 5.78. The first-order chi connectivity index (χ1) is 15.8. The number of methoxy groups -OCH3 is 1. The zero-order chi connectivity index (χ0) is 25.3. The molecule has 0 spiro atoms. The molecular weight excluding hydrogens is 471 g/mol. The molecule has 10 heteroatoms. The van der Waals surface area contributed by atoms with Gasteiger partial charge in [0.2, 0.25) is 0 Å². The van der Waals surface area contributed by atoms with E-state index in [1.54, 1.807) is 26.8 Å². The van der Waals surface area contributed by atoms with Gasteiger partial charge in [-0.1, -0.05) is 50.7 Å². The van der Waals surface area contributed by atoms with Crippen LogP contribution in [0.4, 0.5) is 13.2 Å². The second kappa shape index (κ2) is 9.77. The zero-order valence-corrected chi connectivity index (χ0v) is 19.9. The van der Waals surface area contributed by atoms with Gasteiger partial charge in [-0.25, -0.2) is 4.79 Å². The minimum absolute atomic E-state index is 0.0657. The number of benzene rings is 1. The molecule has 1 amide bonds. The van der Waals surface area contributed by atoms with Crippen LogP contribution in [0.3, 0.4) is 0 Å². The molecule has 3 atom stereocenters. The van der Waals surface area contributed by atoms with Crippen LogP contribution in [0, 0.1) is 11.3 Å². The minimum atomic E-state index is -4.44. The fourth-order valence-electron chi connectivity index (χ4n) is 3.61. The maximum Gasteiger partial charge on any atom is 0.416 e. The quantitative estimate of drug-likeness (QED) is 0.559. The van der Waals surface area contributed by atoms with E-state index in [1.807, 2.05) is 12.2 Å². The topological polar surface area (TPSA) is 84.9 Å². The van der Waals surface area contributed by atoms with Crippen molar-refractivity contribution < 1.29 is 37.3 Å². The Morgan fingerprint density at radius 2 is 1.82 bits per heavy atom. The third-order valence-corrected chi connectivity index (χ3v) is 6.71. The lowest BCUT2D eigenvalue weighted by Crippen LogP contribution is -2.49. The lowest BCUT2D eigenvalue weighted by atomic mass is 9.86. The number of allylic oxidation sites excluding steroid dienone is 1. The fourth-order valence-corrected chi connectivity index (χ4v) is 4.71. The van der Waals surface area contributed by atoms with Crippen molar-refractivity contribution in [2.45, 2.75) is 44.8 Å². The van der Waals surface area contributed by atoms with E-state index in [0.29, 0.717) is 16.4 Å². The Balaban J connectivity index is 1.89. The molecular formula is C24H26F3NO5S. The number of fused-ring (bicyclic) bond motifs is 1. The summed E-state index contributed by atoms with van der Waals surface area (Å²) in [7, 11) is 1.53. The van der Waals surface area contributed by atoms with E-state index in [0.717, 1.165) is 12.1 Å². The van der Waals surface area contributed by atoms with Crippen molar-refractivity contribution in [3.8, 4) is 0 Å². The van der Waals surface area contributed by atoms with Crippen LogP contribution in [0.15, 0.2) is 58.9 Å². The van der Waals surface area contributed by atoms with Crippen LogP contribution in [0.5, 0.6) is 0 Å². The first-order valence-electron chi connectivity index (χ1n) is 10.5. The highest BCUT2D eigenvalue weighted by atomic mass is 32.2. The van der Waals surface area contributed by atoms with Gasteiger partial charge in [0, 0.05) is 5.25 Å². The highest BCUT2D eigenvalue weighted by Crippen LogP contribution is 2.45. The van der Waals surface area contributed by atoms with E-state index >= 15 is 0 Å². The molecule has 0 fully saturated rings. The van der Waals surface area contributed by atoms with Crippen molar-refractivity contribution in [2.24, 2.45) is 11.3 Å². The van der Waals surface area contributed by atoms with E-state index < -0.39 is 35.1 Å². The van der Waals surface area contributed by atoms with Crippen molar-refractivity contribution in [1.29, 1.82) is 0 Å². The summed E-state index contributed by atoms with van der Waals surface area (Å²) in [5.74, 6) is -1.81. The molecule has 0 bridgehead atoms. The molecule has 0 saturated heterocycles. The SMILES string of the molecule is COC1=CC2C(OCc3ccc(C(F)(F)F)cc3)=C(C(=O)N[C@H](C(=O)O)C(C)(C)C)C=CC2S1. The first kappa shape index (κ1) is 25.7. The number of aliphatic carboxylic acids is 1. The second-order valence-corrected chi connectivity index (χ2v) is 10.2. The molecule has 184 valence electrons. The summed E-state index contributed by atoms with van der Waals surface area (Å²) < 4.78 is 49.8. The molecule has 1 aliphatic heterocycles. The Hall–Kier alpha value is -2.88. The number of carboxylic acid groups (broad SMARTS) is 1. The van der Waals surface area contributed by atoms with E-state index in [1.165, 1.54) is 31.0 Å². The van der Waals surface area contributed by atoms with Crippen LogP contribution in [0.1, 0.15) is 31.9 Å². The Morgan fingerprint density at radius 3 is 2.35 bits per heavy atom. The fraction of sp³-hybridized carbons (Fsp3) is 0.417. The van der Waals surface area contributed by atoms with Crippen molar-refractivity contribution in [3.05, 3.63) is 70.0 Å². The van der Waals surface area contributed by atoms with E-state index in [-0.39, 0.29) is 23.3 Å². The Morgan fingerprint density at radius 1 is 1.18 bits per heavy atom. The van der Waals surface area contributed by atoms with Crippen LogP contribution in [0.25, 0.3) is 0 Å². The molecule has 1 aliphatic carbocycles. The normalized spacial score (nSPS) is 21.0. The van der Waals surface area contributed by atoms with Crippen LogP contribution in [0.2, 0.25) is 0 Å². The van der Waals surface area contributed by atoms with Crippen molar-refractivity contribution >= 4 is 23.6 Å². The van der Waals surface area contributed by atoms with Crippen LogP contribution in [-0.4, -0.2) is 35.4 Å². The number of ether oxygens (including phenoxy) is 2. The Labute approximate surface area is 199 Å². The van der Waals surface area contributed by atoms with Gasteiger partial charge in [-0.3, -0.25) is 4.79 Å². The van der Waals surface area contributed by atoms with Gasteiger partial charge in [0.15, 0.2) is 0 Å². The summed E-state index contributed by atoms with van der Waals surface area (Å²) in [6.07, 6.45) is 0.779. The number of carbonyl (C=O) groups excluding carboxylic acids is 1. The highest BCUT2D eigenvalue weighted by Gasteiger charge is 2.39. The van der Waals surface area contributed by atoms with Gasteiger partial charge in [-0.2, -0.15) is 13.2 Å². The summed E-state index contributed by atoms with van der Waals surface area (Å²) in [5, 5.41) is 12.7. The zero-order valence-electron chi connectivity index (χ0n) is 19.1. The summed E-state index contributed by atoms with van der Waals surface area (Å²) in [5.41, 5.74) is -0.849. The molecule has 34 heavy (non-hydrogen) atoms. The number of carboxylic acids is 1. The summed E-state index contributed by atoms with van der Waals surface area (Å²) in [6.45, 7) is 5.05. The van der Waals surface area contributed by atoms with Crippen molar-refractivity contribution in [1.82, 2.24) is 5.32 Å². The minimum Gasteiger partial charge on any atom is -0.492 e. The van der Waals surface area contributed by atoms with Gasteiger partial charge in [0.05, 0.1) is 24.2 Å². The Kier molecular flexibility index (Phi) is 7.40. The molecule has 2 N–H and O–H groups in total. The lowest BCUT2D eigenvalue weighted by Gasteiger charge is -2.30. The van der Waals surface area contributed by atoms with E-state index in [9.17, 15) is 27.9 Å². The predicted octanol–water partition coefficient (Wildman–Crippen LogP) is 4.88. The molecule has 6 nitrogen and oxygen atoms in total. The number of carbonyl (C=O) groups is 2. The predicted molar refractivity (Wildman–Crippen MR) is 121 cm³/mol. The highest BCUT2D eigenvalue weighted by molar-refractivity contribution is 8.03. The largest absolute Gasteiger partial charge is 0.492 e. The number of halogens is 3. The van der Waals surface area contributed by atoms with Gasteiger partial charge in [-0.05, 0) is 35.3 Å².